The molecule has 0 amide bonds. The van der Waals surface area contributed by atoms with E-state index in [1.54, 1.807) is 13.8 Å². The standard InChI is InChI=1S/C10H18F2O5S/c1-3-8(2)9(13)17-6-4-5-10(11,12)7-18(14,15)16/h8H,3-7H2,1-2H3,(H,14,15,16). The van der Waals surface area contributed by atoms with Crippen LogP contribution in [-0.4, -0.2) is 37.2 Å². The molecule has 0 saturated carbocycles. The fourth-order valence-electron chi connectivity index (χ4n) is 1.15. The van der Waals surface area contributed by atoms with Crippen LogP contribution in [0.3, 0.4) is 0 Å². The second kappa shape index (κ2) is 6.98. The first kappa shape index (κ1) is 17.2. The van der Waals surface area contributed by atoms with E-state index < -0.39 is 34.2 Å². The fraction of sp³-hybridized carbons (Fsp3) is 0.900. The van der Waals surface area contributed by atoms with Crippen LogP contribution in [0.5, 0.6) is 0 Å². The quantitative estimate of drug-likeness (QED) is 0.419. The molecule has 1 unspecified atom stereocenters. The van der Waals surface area contributed by atoms with Gasteiger partial charge in [0.05, 0.1) is 12.5 Å². The Morgan fingerprint density at radius 2 is 2.00 bits per heavy atom. The predicted octanol–water partition coefficient (Wildman–Crippen LogP) is 1.88. The molecule has 0 aromatic rings. The van der Waals surface area contributed by atoms with Crippen LogP contribution in [0.15, 0.2) is 0 Å². The average molecular weight is 288 g/mol. The molecule has 0 aliphatic rings. The Kier molecular flexibility index (Phi) is 6.69. The van der Waals surface area contributed by atoms with Crippen molar-refractivity contribution in [2.24, 2.45) is 5.92 Å². The van der Waals surface area contributed by atoms with Crippen molar-refractivity contribution in [2.75, 3.05) is 12.4 Å². The molecule has 8 heteroatoms. The summed E-state index contributed by atoms with van der Waals surface area (Å²) in [5.74, 6) is -5.88. The van der Waals surface area contributed by atoms with Crippen LogP contribution in [-0.2, 0) is 19.6 Å². The van der Waals surface area contributed by atoms with Crippen LogP contribution < -0.4 is 0 Å². The number of ether oxygens (including phenoxy) is 1. The topological polar surface area (TPSA) is 80.7 Å². The van der Waals surface area contributed by atoms with Crippen molar-refractivity contribution in [2.45, 2.75) is 39.0 Å². The van der Waals surface area contributed by atoms with E-state index in [9.17, 15) is 22.0 Å². The first-order valence-electron chi connectivity index (χ1n) is 5.57. The molecule has 0 fully saturated rings. The molecular weight excluding hydrogens is 270 g/mol. The van der Waals surface area contributed by atoms with Crippen LogP contribution in [0.4, 0.5) is 8.78 Å². The maximum atomic E-state index is 13.0. The van der Waals surface area contributed by atoms with Crippen LogP contribution >= 0.6 is 0 Å². The number of esters is 1. The van der Waals surface area contributed by atoms with Gasteiger partial charge in [-0.25, -0.2) is 8.78 Å². The van der Waals surface area contributed by atoms with Crippen LogP contribution in [0.25, 0.3) is 0 Å². The lowest BCUT2D eigenvalue weighted by molar-refractivity contribution is -0.148. The van der Waals surface area contributed by atoms with Gasteiger partial charge < -0.3 is 4.74 Å². The van der Waals surface area contributed by atoms with Gasteiger partial charge >= 0.3 is 5.97 Å². The highest BCUT2D eigenvalue weighted by Gasteiger charge is 2.34. The Morgan fingerprint density at radius 3 is 2.44 bits per heavy atom. The number of halogens is 2. The Labute approximate surface area is 105 Å². The second-order valence-corrected chi connectivity index (χ2v) is 5.62. The summed E-state index contributed by atoms with van der Waals surface area (Å²) < 4.78 is 59.6. The van der Waals surface area contributed by atoms with Crippen LogP contribution in [0.1, 0.15) is 33.1 Å². The summed E-state index contributed by atoms with van der Waals surface area (Å²) in [6, 6.07) is 0. The van der Waals surface area contributed by atoms with E-state index in [4.69, 9.17) is 9.29 Å². The molecule has 0 aromatic carbocycles. The van der Waals surface area contributed by atoms with Gasteiger partial charge in [0, 0.05) is 6.42 Å². The van der Waals surface area contributed by atoms with E-state index in [1.807, 2.05) is 0 Å². The molecule has 0 bridgehead atoms. The van der Waals surface area contributed by atoms with Gasteiger partial charge in [-0.05, 0) is 12.8 Å². The van der Waals surface area contributed by atoms with Gasteiger partial charge in [0.1, 0.15) is 5.75 Å². The third-order valence-electron chi connectivity index (χ3n) is 2.34. The maximum absolute atomic E-state index is 13.0. The molecule has 0 aliphatic carbocycles. The second-order valence-electron chi connectivity index (χ2n) is 4.16. The minimum atomic E-state index is -4.71. The molecule has 0 radical (unpaired) electrons. The van der Waals surface area contributed by atoms with Crippen molar-refractivity contribution in [3.05, 3.63) is 0 Å². The minimum absolute atomic E-state index is 0.162. The van der Waals surface area contributed by atoms with Crippen LogP contribution in [0.2, 0.25) is 0 Å². The van der Waals surface area contributed by atoms with Crippen LogP contribution in [0, 0.1) is 5.92 Å². The van der Waals surface area contributed by atoms with E-state index >= 15 is 0 Å². The lowest BCUT2D eigenvalue weighted by Crippen LogP contribution is -2.28. The van der Waals surface area contributed by atoms with Gasteiger partial charge in [0.2, 0.25) is 0 Å². The van der Waals surface area contributed by atoms with Gasteiger partial charge in [-0.2, -0.15) is 8.42 Å². The van der Waals surface area contributed by atoms with Gasteiger partial charge in [0.15, 0.2) is 0 Å². The summed E-state index contributed by atoms with van der Waals surface area (Å²) in [6.45, 7) is 3.27. The van der Waals surface area contributed by atoms with E-state index in [2.05, 4.69) is 0 Å². The summed E-state index contributed by atoms with van der Waals surface area (Å²) in [6.07, 6.45) is -0.330. The monoisotopic (exact) mass is 288 g/mol. The Hall–Kier alpha value is -0.760. The minimum Gasteiger partial charge on any atom is -0.465 e. The van der Waals surface area contributed by atoms with Gasteiger partial charge in [-0.1, -0.05) is 13.8 Å². The van der Waals surface area contributed by atoms with Gasteiger partial charge in [-0.15, -0.1) is 0 Å². The fourth-order valence-corrected chi connectivity index (χ4v) is 1.83. The molecule has 0 spiro atoms. The maximum Gasteiger partial charge on any atom is 0.308 e. The third kappa shape index (κ3) is 8.35. The summed E-state index contributed by atoms with van der Waals surface area (Å²) in [5, 5.41) is 0. The Bertz CT molecular complexity index is 366. The van der Waals surface area contributed by atoms with E-state index in [0.29, 0.717) is 6.42 Å². The number of hydrogen-bond acceptors (Lipinski definition) is 4. The molecular formula is C10H18F2O5S. The highest BCUT2D eigenvalue weighted by Crippen LogP contribution is 2.22. The summed E-state index contributed by atoms with van der Waals surface area (Å²) in [4.78, 5) is 11.2. The van der Waals surface area contributed by atoms with Gasteiger partial charge in [0.25, 0.3) is 16.0 Å². The Balaban J connectivity index is 3.94. The molecule has 18 heavy (non-hydrogen) atoms. The number of alkyl halides is 2. The molecule has 5 nitrogen and oxygen atoms in total. The highest BCUT2D eigenvalue weighted by molar-refractivity contribution is 7.85. The molecule has 1 N–H and O–H groups in total. The van der Waals surface area contributed by atoms with Crippen molar-refractivity contribution in [1.29, 1.82) is 0 Å². The summed E-state index contributed by atoms with van der Waals surface area (Å²) in [7, 11) is -4.71. The van der Waals surface area contributed by atoms with E-state index in [-0.39, 0.29) is 18.9 Å². The largest absolute Gasteiger partial charge is 0.465 e. The number of carbonyl (C=O) groups excluding carboxylic acids is 1. The van der Waals surface area contributed by atoms with Crippen molar-refractivity contribution >= 4 is 16.1 Å². The summed E-state index contributed by atoms with van der Waals surface area (Å²) >= 11 is 0. The molecule has 0 heterocycles. The van der Waals surface area contributed by atoms with Crippen molar-refractivity contribution < 1.29 is 31.3 Å². The van der Waals surface area contributed by atoms with Crippen molar-refractivity contribution in [1.82, 2.24) is 0 Å². The number of rotatable bonds is 8. The lowest BCUT2D eigenvalue weighted by atomic mass is 10.1. The molecule has 1 atom stereocenters. The van der Waals surface area contributed by atoms with E-state index in [0.717, 1.165) is 0 Å². The lowest BCUT2D eigenvalue weighted by Gasteiger charge is -2.14. The zero-order valence-electron chi connectivity index (χ0n) is 10.4. The highest BCUT2D eigenvalue weighted by atomic mass is 32.2. The van der Waals surface area contributed by atoms with E-state index in [1.165, 1.54) is 0 Å². The first-order chi connectivity index (χ1) is 8.07. The van der Waals surface area contributed by atoms with Crippen molar-refractivity contribution in [3.8, 4) is 0 Å². The normalized spacial score (nSPS) is 14.3. The predicted molar refractivity (Wildman–Crippen MR) is 61.0 cm³/mol. The smallest absolute Gasteiger partial charge is 0.308 e. The zero-order chi connectivity index (χ0) is 14.4. The molecule has 108 valence electrons. The SMILES string of the molecule is CCC(C)C(=O)OCCCC(F)(F)CS(=O)(=O)O. The molecule has 0 aliphatic heterocycles. The third-order valence-corrected chi connectivity index (χ3v) is 3.13. The molecule has 0 aromatic heterocycles. The van der Waals surface area contributed by atoms with Gasteiger partial charge in [-0.3, -0.25) is 9.35 Å². The molecule has 0 rings (SSSR count). The summed E-state index contributed by atoms with van der Waals surface area (Å²) in [5.41, 5.74) is 0. The number of hydrogen-bond donors (Lipinski definition) is 1. The number of carbonyl (C=O) groups is 1. The zero-order valence-corrected chi connectivity index (χ0v) is 11.2. The van der Waals surface area contributed by atoms with Crippen molar-refractivity contribution in [3.63, 3.8) is 0 Å². The Morgan fingerprint density at radius 1 is 1.44 bits per heavy atom. The first-order valence-corrected chi connectivity index (χ1v) is 7.18. The molecule has 0 saturated heterocycles. The average Bonchev–Trinajstić information content (AvgIpc) is 2.19.